The molecule has 0 bridgehead atoms. The van der Waals surface area contributed by atoms with E-state index in [0.29, 0.717) is 5.56 Å². The Labute approximate surface area is 101 Å². The molecule has 0 radical (unpaired) electrons. The van der Waals surface area contributed by atoms with Crippen molar-refractivity contribution >= 4 is 0 Å². The second-order valence-corrected chi connectivity index (χ2v) is 4.50. The van der Waals surface area contributed by atoms with E-state index in [1.54, 1.807) is 12.3 Å². The lowest BCUT2D eigenvalue weighted by atomic mass is 9.99. The van der Waals surface area contributed by atoms with Gasteiger partial charge in [0, 0.05) is 11.8 Å². The number of aromatic nitrogens is 1. The molecule has 1 fully saturated rings. The summed E-state index contributed by atoms with van der Waals surface area (Å²) in [6, 6.07) is 1.66. The molecule has 94 valence electrons. The van der Waals surface area contributed by atoms with Gasteiger partial charge in [-0.1, -0.05) is 6.92 Å². The molecule has 0 aromatic carbocycles. The van der Waals surface area contributed by atoms with Crippen LogP contribution in [0.2, 0.25) is 0 Å². The Bertz CT molecular complexity index is 372. The van der Waals surface area contributed by atoms with Gasteiger partial charge in [0.25, 0.3) is 0 Å². The van der Waals surface area contributed by atoms with Gasteiger partial charge in [0.15, 0.2) is 0 Å². The van der Waals surface area contributed by atoms with E-state index in [9.17, 15) is 4.39 Å². The fraction of sp³-hybridized carbons (Fsp3) is 0.615. The molecule has 0 amide bonds. The molecule has 0 aliphatic carbocycles. The Kier molecular flexibility index (Phi) is 4.07. The molecule has 0 spiro atoms. The Hall–Kier alpha value is -1.00. The molecule has 2 heterocycles. The van der Waals surface area contributed by atoms with Gasteiger partial charge >= 0.3 is 0 Å². The summed E-state index contributed by atoms with van der Waals surface area (Å²) in [6.45, 7) is 4.87. The van der Waals surface area contributed by atoms with E-state index in [4.69, 9.17) is 4.74 Å². The first-order valence-corrected chi connectivity index (χ1v) is 6.20. The van der Waals surface area contributed by atoms with Crippen LogP contribution in [0.25, 0.3) is 0 Å². The van der Waals surface area contributed by atoms with Crippen molar-refractivity contribution in [3.63, 3.8) is 0 Å². The van der Waals surface area contributed by atoms with Gasteiger partial charge in [-0.3, -0.25) is 4.98 Å². The van der Waals surface area contributed by atoms with Crippen LogP contribution < -0.4 is 5.32 Å². The van der Waals surface area contributed by atoms with Crippen LogP contribution in [-0.4, -0.2) is 23.7 Å². The van der Waals surface area contributed by atoms with E-state index in [2.05, 4.69) is 17.2 Å². The van der Waals surface area contributed by atoms with Crippen LogP contribution in [0.3, 0.4) is 0 Å². The largest absolute Gasteiger partial charge is 0.373 e. The number of nitrogens with one attached hydrogen (secondary N) is 1. The lowest BCUT2D eigenvalue weighted by Crippen LogP contribution is -2.32. The van der Waals surface area contributed by atoms with E-state index in [1.165, 1.54) is 6.20 Å². The van der Waals surface area contributed by atoms with Gasteiger partial charge in [-0.15, -0.1) is 0 Å². The first-order chi connectivity index (χ1) is 8.22. The summed E-state index contributed by atoms with van der Waals surface area (Å²) < 4.78 is 19.6. The molecule has 1 N–H and O–H groups in total. The highest BCUT2D eigenvalue weighted by atomic mass is 19.1. The van der Waals surface area contributed by atoms with E-state index in [-0.39, 0.29) is 24.1 Å². The number of ether oxygens (including phenoxy) is 1. The van der Waals surface area contributed by atoms with Crippen LogP contribution in [-0.2, 0) is 4.74 Å². The van der Waals surface area contributed by atoms with Crippen LogP contribution in [0.1, 0.15) is 38.3 Å². The van der Waals surface area contributed by atoms with Crippen LogP contribution in [0.5, 0.6) is 0 Å². The van der Waals surface area contributed by atoms with Gasteiger partial charge in [-0.2, -0.15) is 0 Å². The molecule has 0 saturated carbocycles. The van der Waals surface area contributed by atoms with Crippen molar-refractivity contribution in [3.05, 3.63) is 29.8 Å². The summed E-state index contributed by atoms with van der Waals surface area (Å²) >= 11 is 0. The maximum absolute atomic E-state index is 13.8. The SMILES string of the molecule is CCNC(c1ccncc1F)C1CCC(C)O1. The molecule has 1 aromatic rings. The Morgan fingerprint density at radius 1 is 1.59 bits per heavy atom. The maximum atomic E-state index is 13.8. The van der Waals surface area contributed by atoms with E-state index in [0.717, 1.165) is 19.4 Å². The van der Waals surface area contributed by atoms with Gasteiger partial charge < -0.3 is 10.1 Å². The second-order valence-electron chi connectivity index (χ2n) is 4.50. The molecule has 3 atom stereocenters. The van der Waals surface area contributed by atoms with Crippen molar-refractivity contribution in [2.24, 2.45) is 0 Å². The first-order valence-electron chi connectivity index (χ1n) is 6.20. The molecule has 1 aromatic heterocycles. The minimum absolute atomic E-state index is 0.0573. The number of pyridine rings is 1. The zero-order valence-corrected chi connectivity index (χ0v) is 10.3. The zero-order chi connectivity index (χ0) is 12.3. The standard InChI is InChI=1S/C13H19FN2O/c1-3-16-13(12-5-4-9(2)17-12)10-6-7-15-8-11(10)14/h6-9,12-13,16H,3-5H2,1-2H3. The highest BCUT2D eigenvalue weighted by Crippen LogP contribution is 2.30. The molecule has 2 rings (SSSR count). The summed E-state index contributed by atoms with van der Waals surface area (Å²) in [7, 11) is 0. The molecule has 17 heavy (non-hydrogen) atoms. The van der Waals surface area contributed by atoms with E-state index >= 15 is 0 Å². The number of rotatable bonds is 4. The van der Waals surface area contributed by atoms with Gasteiger partial charge in [-0.25, -0.2) is 4.39 Å². The van der Waals surface area contributed by atoms with Crippen LogP contribution in [0.15, 0.2) is 18.5 Å². The van der Waals surface area contributed by atoms with Crippen molar-refractivity contribution in [2.45, 2.75) is 44.9 Å². The number of hydrogen-bond donors (Lipinski definition) is 1. The maximum Gasteiger partial charge on any atom is 0.146 e. The molecular weight excluding hydrogens is 219 g/mol. The predicted molar refractivity (Wildman–Crippen MR) is 64.2 cm³/mol. The average Bonchev–Trinajstić information content (AvgIpc) is 2.74. The minimum Gasteiger partial charge on any atom is -0.373 e. The normalized spacial score (nSPS) is 26.1. The van der Waals surface area contributed by atoms with Crippen molar-refractivity contribution in [1.29, 1.82) is 0 Å². The molecular formula is C13H19FN2O. The van der Waals surface area contributed by atoms with Gasteiger partial charge in [0.1, 0.15) is 5.82 Å². The third kappa shape index (κ3) is 2.82. The third-order valence-electron chi connectivity index (χ3n) is 3.20. The number of nitrogens with zero attached hydrogens (tertiary/aromatic N) is 1. The van der Waals surface area contributed by atoms with Crippen LogP contribution in [0, 0.1) is 5.82 Å². The lowest BCUT2D eigenvalue weighted by Gasteiger charge is -2.25. The quantitative estimate of drug-likeness (QED) is 0.874. The summed E-state index contributed by atoms with van der Waals surface area (Å²) in [6.07, 6.45) is 5.23. The van der Waals surface area contributed by atoms with Gasteiger partial charge in [0.2, 0.25) is 0 Å². The van der Waals surface area contributed by atoms with Crippen LogP contribution in [0.4, 0.5) is 4.39 Å². The van der Waals surface area contributed by atoms with Gasteiger partial charge in [0.05, 0.1) is 24.4 Å². The fourth-order valence-electron chi connectivity index (χ4n) is 2.38. The van der Waals surface area contributed by atoms with Crippen molar-refractivity contribution < 1.29 is 9.13 Å². The molecule has 3 unspecified atom stereocenters. The predicted octanol–water partition coefficient (Wildman–Crippen LogP) is 2.44. The van der Waals surface area contributed by atoms with E-state index < -0.39 is 0 Å². The average molecular weight is 238 g/mol. The molecule has 4 heteroatoms. The highest BCUT2D eigenvalue weighted by molar-refractivity contribution is 5.19. The second kappa shape index (κ2) is 5.56. The number of hydrogen-bond acceptors (Lipinski definition) is 3. The monoisotopic (exact) mass is 238 g/mol. The summed E-state index contributed by atoms with van der Waals surface area (Å²) in [4.78, 5) is 3.79. The number of halogens is 1. The Morgan fingerprint density at radius 2 is 2.41 bits per heavy atom. The molecule has 1 saturated heterocycles. The van der Waals surface area contributed by atoms with E-state index in [1.807, 2.05) is 6.92 Å². The molecule has 1 aliphatic heterocycles. The number of likely N-dealkylation sites (N-methyl/N-ethyl adjacent to an activating group) is 1. The first kappa shape index (κ1) is 12.5. The zero-order valence-electron chi connectivity index (χ0n) is 10.3. The minimum atomic E-state index is -0.262. The van der Waals surface area contributed by atoms with Crippen LogP contribution >= 0.6 is 0 Å². The van der Waals surface area contributed by atoms with Crippen molar-refractivity contribution in [2.75, 3.05) is 6.54 Å². The lowest BCUT2D eigenvalue weighted by molar-refractivity contribution is 0.0311. The van der Waals surface area contributed by atoms with Crippen molar-refractivity contribution in [3.8, 4) is 0 Å². The Balaban J connectivity index is 2.20. The summed E-state index contributed by atoms with van der Waals surface area (Å²) in [5.74, 6) is -0.262. The Morgan fingerprint density at radius 3 is 3.00 bits per heavy atom. The topological polar surface area (TPSA) is 34.2 Å². The highest BCUT2D eigenvalue weighted by Gasteiger charge is 2.31. The summed E-state index contributed by atoms with van der Waals surface area (Å²) in [5, 5.41) is 3.31. The summed E-state index contributed by atoms with van der Waals surface area (Å²) in [5.41, 5.74) is 0.654. The van der Waals surface area contributed by atoms with Gasteiger partial charge in [-0.05, 0) is 32.4 Å². The third-order valence-corrected chi connectivity index (χ3v) is 3.20. The van der Waals surface area contributed by atoms with Crippen molar-refractivity contribution in [1.82, 2.24) is 10.3 Å². The fourth-order valence-corrected chi connectivity index (χ4v) is 2.38. The molecule has 1 aliphatic rings. The molecule has 3 nitrogen and oxygen atoms in total. The smallest absolute Gasteiger partial charge is 0.146 e.